The van der Waals surface area contributed by atoms with Crippen molar-refractivity contribution in [1.29, 1.82) is 0 Å². The minimum Gasteiger partial charge on any atom is -0.374 e. The Morgan fingerprint density at radius 1 is 1.37 bits per heavy atom. The molecular weight excluding hydrogens is 232 g/mol. The lowest BCUT2D eigenvalue weighted by Gasteiger charge is -2.45. The lowest BCUT2D eigenvalue weighted by atomic mass is 9.66. The van der Waals surface area contributed by atoms with Gasteiger partial charge in [0.2, 0.25) is 0 Å². The summed E-state index contributed by atoms with van der Waals surface area (Å²) >= 11 is 0. The molecule has 5 bridgehead atoms. The van der Waals surface area contributed by atoms with Crippen molar-refractivity contribution in [1.82, 2.24) is 4.90 Å². The summed E-state index contributed by atoms with van der Waals surface area (Å²) in [5.41, 5.74) is 6.59. The SMILES string of the molecule is CC1C2CC3=C(CCC4=C3/C=C\CN=CC41C)N2C. The van der Waals surface area contributed by atoms with Gasteiger partial charge in [0.25, 0.3) is 0 Å². The fraction of sp³-hybridized carbons (Fsp3) is 0.588. The maximum atomic E-state index is 4.66. The Morgan fingerprint density at radius 3 is 3.05 bits per heavy atom. The van der Waals surface area contributed by atoms with E-state index in [1.165, 1.54) is 19.3 Å². The van der Waals surface area contributed by atoms with Crippen molar-refractivity contribution < 1.29 is 0 Å². The smallest absolute Gasteiger partial charge is 0.0570 e. The van der Waals surface area contributed by atoms with Crippen molar-refractivity contribution in [3.05, 3.63) is 34.6 Å². The molecule has 0 spiro atoms. The predicted molar refractivity (Wildman–Crippen MR) is 79.2 cm³/mol. The molecule has 2 nitrogen and oxygen atoms in total. The second-order valence-corrected chi connectivity index (χ2v) is 6.67. The number of hydrogen-bond acceptors (Lipinski definition) is 2. The molecule has 0 N–H and O–H groups in total. The van der Waals surface area contributed by atoms with Crippen molar-refractivity contribution in [3.63, 3.8) is 0 Å². The van der Waals surface area contributed by atoms with E-state index in [1.807, 2.05) is 0 Å². The third-order valence-electron chi connectivity index (χ3n) is 5.97. The lowest BCUT2D eigenvalue weighted by Crippen LogP contribution is -2.44. The van der Waals surface area contributed by atoms with E-state index in [4.69, 9.17) is 0 Å². The molecule has 100 valence electrons. The van der Waals surface area contributed by atoms with E-state index < -0.39 is 0 Å². The minimum atomic E-state index is 0.146. The number of fused-ring (bicyclic) bond motifs is 1. The molecular formula is C17H22N2. The van der Waals surface area contributed by atoms with Gasteiger partial charge in [-0.05, 0) is 36.3 Å². The van der Waals surface area contributed by atoms with Crippen LogP contribution in [0, 0.1) is 11.3 Å². The second kappa shape index (κ2) is 3.62. The highest BCUT2D eigenvalue weighted by Crippen LogP contribution is 2.55. The first kappa shape index (κ1) is 11.5. The number of allylic oxidation sites excluding steroid dienone is 4. The number of likely N-dealkylation sites (tertiary alicyclic amines) is 1. The highest BCUT2D eigenvalue weighted by Gasteiger charge is 2.49. The third-order valence-corrected chi connectivity index (χ3v) is 5.97. The lowest BCUT2D eigenvalue weighted by molar-refractivity contribution is 0.175. The van der Waals surface area contributed by atoms with Gasteiger partial charge in [-0.2, -0.15) is 0 Å². The first-order valence-electron chi connectivity index (χ1n) is 7.49. The Balaban J connectivity index is 2.04. The molecule has 2 heterocycles. The molecule has 2 aliphatic carbocycles. The minimum absolute atomic E-state index is 0.146. The van der Waals surface area contributed by atoms with E-state index in [9.17, 15) is 0 Å². The molecule has 3 atom stereocenters. The molecule has 2 heteroatoms. The van der Waals surface area contributed by atoms with Gasteiger partial charge in [-0.15, -0.1) is 0 Å². The summed E-state index contributed by atoms with van der Waals surface area (Å²) in [5, 5.41) is 0. The van der Waals surface area contributed by atoms with Crippen molar-refractivity contribution in [2.24, 2.45) is 16.3 Å². The summed E-state index contributed by atoms with van der Waals surface area (Å²) in [7, 11) is 2.30. The Hall–Kier alpha value is -1.31. The third kappa shape index (κ3) is 1.30. The van der Waals surface area contributed by atoms with Crippen LogP contribution in [0.2, 0.25) is 0 Å². The van der Waals surface area contributed by atoms with Gasteiger partial charge >= 0.3 is 0 Å². The zero-order chi connectivity index (χ0) is 13.2. The molecule has 0 aromatic heterocycles. The van der Waals surface area contributed by atoms with E-state index in [2.05, 4.69) is 49.2 Å². The van der Waals surface area contributed by atoms with Crippen LogP contribution >= 0.6 is 0 Å². The highest BCUT2D eigenvalue weighted by molar-refractivity contribution is 5.75. The van der Waals surface area contributed by atoms with Gasteiger partial charge in [-0.25, -0.2) is 0 Å². The van der Waals surface area contributed by atoms with Gasteiger partial charge in [0.05, 0.1) is 6.54 Å². The van der Waals surface area contributed by atoms with Crippen LogP contribution in [0.1, 0.15) is 33.1 Å². The molecule has 0 radical (unpaired) electrons. The molecule has 2 aliphatic heterocycles. The van der Waals surface area contributed by atoms with E-state index in [0.29, 0.717) is 12.0 Å². The van der Waals surface area contributed by atoms with Crippen molar-refractivity contribution in [3.8, 4) is 0 Å². The largest absolute Gasteiger partial charge is 0.374 e. The van der Waals surface area contributed by atoms with E-state index >= 15 is 0 Å². The molecule has 3 unspecified atom stereocenters. The molecule has 0 saturated carbocycles. The Morgan fingerprint density at radius 2 is 2.21 bits per heavy atom. The zero-order valence-corrected chi connectivity index (χ0v) is 12.1. The Labute approximate surface area is 115 Å². The van der Waals surface area contributed by atoms with Gasteiger partial charge < -0.3 is 4.90 Å². The molecule has 0 aromatic carbocycles. The van der Waals surface area contributed by atoms with Crippen molar-refractivity contribution in [2.75, 3.05) is 13.6 Å². The molecule has 0 fully saturated rings. The van der Waals surface area contributed by atoms with Crippen LogP contribution in [0.5, 0.6) is 0 Å². The van der Waals surface area contributed by atoms with E-state index in [0.717, 1.165) is 6.54 Å². The van der Waals surface area contributed by atoms with Crippen LogP contribution < -0.4 is 0 Å². The molecule has 19 heavy (non-hydrogen) atoms. The first-order valence-corrected chi connectivity index (χ1v) is 7.49. The summed E-state index contributed by atoms with van der Waals surface area (Å²) < 4.78 is 0. The van der Waals surface area contributed by atoms with Gasteiger partial charge in [0.1, 0.15) is 0 Å². The number of nitrogens with zero attached hydrogens (tertiary/aromatic N) is 2. The first-order chi connectivity index (χ1) is 9.13. The molecule has 4 aliphatic rings. The van der Waals surface area contributed by atoms with E-state index in [1.54, 1.807) is 22.4 Å². The van der Waals surface area contributed by atoms with Crippen LogP contribution in [0.4, 0.5) is 0 Å². The normalized spacial score (nSPS) is 41.5. The average molecular weight is 254 g/mol. The molecule has 4 rings (SSSR count). The fourth-order valence-corrected chi connectivity index (χ4v) is 4.65. The van der Waals surface area contributed by atoms with Crippen LogP contribution in [0.15, 0.2) is 39.6 Å². The maximum absolute atomic E-state index is 4.66. The average Bonchev–Trinajstić information content (AvgIpc) is 2.69. The van der Waals surface area contributed by atoms with Gasteiger partial charge in [0.15, 0.2) is 0 Å². The zero-order valence-electron chi connectivity index (χ0n) is 12.1. The van der Waals surface area contributed by atoms with Crippen molar-refractivity contribution >= 4 is 6.21 Å². The quantitative estimate of drug-likeness (QED) is 0.647. The van der Waals surface area contributed by atoms with Crippen LogP contribution in [-0.2, 0) is 0 Å². The topological polar surface area (TPSA) is 15.6 Å². The summed E-state index contributed by atoms with van der Waals surface area (Å²) in [6, 6.07) is 0.653. The molecule has 0 aromatic rings. The van der Waals surface area contributed by atoms with E-state index in [-0.39, 0.29) is 5.41 Å². The monoisotopic (exact) mass is 254 g/mol. The Kier molecular flexibility index (Phi) is 2.19. The van der Waals surface area contributed by atoms with Crippen LogP contribution in [0.25, 0.3) is 0 Å². The van der Waals surface area contributed by atoms with Gasteiger partial charge in [-0.3, -0.25) is 4.99 Å². The number of hydrogen-bond donors (Lipinski definition) is 0. The number of aliphatic imine (C=N–C) groups is 1. The highest BCUT2D eigenvalue weighted by atomic mass is 15.2. The number of rotatable bonds is 0. The molecule has 0 saturated heterocycles. The maximum Gasteiger partial charge on any atom is 0.0570 e. The van der Waals surface area contributed by atoms with Gasteiger partial charge in [-0.1, -0.05) is 31.6 Å². The Bertz CT molecular complexity index is 564. The summed E-state index contributed by atoms with van der Waals surface area (Å²) in [5.74, 6) is 0.632. The summed E-state index contributed by atoms with van der Waals surface area (Å²) in [6.45, 7) is 5.67. The molecule has 0 amide bonds. The van der Waals surface area contributed by atoms with Crippen LogP contribution in [0.3, 0.4) is 0 Å². The summed E-state index contributed by atoms with van der Waals surface area (Å²) in [6.07, 6.45) is 10.5. The predicted octanol–water partition coefficient (Wildman–Crippen LogP) is 3.33. The van der Waals surface area contributed by atoms with Gasteiger partial charge in [0, 0.05) is 30.4 Å². The van der Waals surface area contributed by atoms with Crippen molar-refractivity contribution in [2.45, 2.75) is 39.2 Å². The summed E-state index contributed by atoms with van der Waals surface area (Å²) in [4.78, 5) is 7.23. The van der Waals surface area contributed by atoms with Crippen LogP contribution in [-0.4, -0.2) is 30.7 Å². The fourth-order valence-electron chi connectivity index (χ4n) is 4.65. The standard InChI is InChI=1S/C17H22N2/c1-11-16-9-13-12-5-4-8-18-10-17(11,2)14(12)6-7-15(13)19(16)3/h4-5,10-11,16H,6-9H2,1-3H3/b5-4-,18-10?. The second-order valence-electron chi connectivity index (χ2n) is 6.67.